The van der Waals surface area contributed by atoms with E-state index in [9.17, 15) is 9.18 Å². The minimum atomic E-state index is -0.883. The number of amides is 2. The predicted molar refractivity (Wildman–Crippen MR) is 85.2 cm³/mol. The number of likely N-dealkylation sites (tertiary alicyclic amines) is 1. The highest BCUT2D eigenvalue weighted by molar-refractivity contribution is 5.88. The molecule has 1 aliphatic rings. The van der Waals surface area contributed by atoms with E-state index in [0.717, 1.165) is 11.3 Å². The van der Waals surface area contributed by atoms with Crippen LogP contribution in [0.2, 0.25) is 0 Å². The molecule has 1 saturated heterocycles. The Morgan fingerprint density at radius 1 is 1.54 bits per heavy atom. The smallest absolute Gasteiger partial charge is 0.320 e. The third-order valence-electron chi connectivity index (χ3n) is 4.24. The Morgan fingerprint density at radius 2 is 2.38 bits per heavy atom. The van der Waals surface area contributed by atoms with Gasteiger partial charge in [0.2, 0.25) is 0 Å². The number of halogens is 1. The van der Waals surface area contributed by atoms with E-state index in [4.69, 9.17) is 4.52 Å². The van der Waals surface area contributed by atoms with Gasteiger partial charge >= 0.3 is 6.03 Å². The van der Waals surface area contributed by atoms with Gasteiger partial charge in [0, 0.05) is 44.5 Å². The minimum absolute atomic E-state index is 0.0564. The summed E-state index contributed by atoms with van der Waals surface area (Å²) < 4.78 is 20.4. The summed E-state index contributed by atoms with van der Waals surface area (Å²) >= 11 is 0. The van der Waals surface area contributed by atoms with Crippen molar-refractivity contribution in [3.05, 3.63) is 29.8 Å². The van der Waals surface area contributed by atoms with Gasteiger partial charge in [0.25, 0.3) is 0 Å². The highest BCUT2D eigenvalue weighted by Crippen LogP contribution is 2.22. The second-order valence-electron chi connectivity index (χ2n) is 6.04. The average molecular weight is 336 g/mol. The SMILES string of the molecule is Cc1conc1NC(=O)NC[C@@H]1C[C@H](F)CN1Cc1ccnn1C. The van der Waals surface area contributed by atoms with Crippen LogP contribution in [0.4, 0.5) is 15.0 Å². The molecule has 2 amide bonds. The fraction of sp³-hybridized carbons (Fsp3) is 0.533. The highest BCUT2D eigenvalue weighted by atomic mass is 19.1. The van der Waals surface area contributed by atoms with Crippen LogP contribution in [0, 0.1) is 6.92 Å². The van der Waals surface area contributed by atoms with Crippen molar-refractivity contribution in [2.75, 3.05) is 18.4 Å². The molecule has 3 heterocycles. The third-order valence-corrected chi connectivity index (χ3v) is 4.24. The maximum Gasteiger partial charge on any atom is 0.320 e. The van der Waals surface area contributed by atoms with Gasteiger partial charge in [-0.1, -0.05) is 5.16 Å². The summed E-state index contributed by atoms with van der Waals surface area (Å²) in [6.07, 6.45) is 2.70. The molecule has 0 radical (unpaired) electrons. The van der Waals surface area contributed by atoms with Gasteiger partial charge in [-0.15, -0.1) is 0 Å². The summed E-state index contributed by atoms with van der Waals surface area (Å²) in [6, 6.07) is 1.48. The Balaban J connectivity index is 1.53. The van der Waals surface area contributed by atoms with E-state index in [1.807, 2.05) is 18.0 Å². The zero-order valence-electron chi connectivity index (χ0n) is 13.7. The average Bonchev–Trinajstić information content (AvgIpc) is 3.21. The fourth-order valence-electron chi connectivity index (χ4n) is 2.86. The first-order chi connectivity index (χ1) is 11.5. The zero-order chi connectivity index (χ0) is 17.1. The van der Waals surface area contributed by atoms with Gasteiger partial charge in [-0.25, -0.2) is 9.18 Å². The molecule has 130 valence electrons. The second kappa shape index (κ2) is 7.00. The number of aryl methyl sites for hydroxylation is 2. The summed E-state index contributed by atoms with van der Waals surface area (Å²) in [4.78, 5) is 14.0. The van der Waals surface area contributed by atoms with E-state index in [1.54, 1.807) is 17.8 Å². The Bertz CT molecular complexity index is 700. The van der Waals surface area contributed by atoms with Gasteiger partial charge in [0.1, 0.15) is 12.4 Å². The van der Waals surface area contributed by atoms with Crippen LogP contribution < -0.4 is 10.6 Å². The van der Waals surface area contributed by atoms with Gasteiger partial charge in [-0.05, 0) is 19.4 Å². The highest BCUT2D eigenvalue weighted by Gasteiger charge is 2.32. The van der Waals surface area contributed by atoms with E-state index in [0.29, 0.717) is 31.9 Å². The standard InChI is InChI=1S/C15H21FN6O2/c1-10-9-24-20-14(10)19-15(23)17-6-13-5-11(16)7-22(13)8-12-3-4-18-21(12)2/h3-4,9,11,13H,5-8H2,1-2H3,(H2,17,19,20,23)/t11-,13-/m0/s1. The number of carbonyl (C=O) groups excluding carboxylic acids is 1. The Morgan fingerprint density at radius 3 is 3.04 bits per heavy atom. The van der Waals surface area contributed by atoms with Crippen LogP contribution in [-0.2, 0) is 13.6 Å². The van der Waals surface area contributed by atoms with Gasteiger partial charge in [-0.2, -0.15) is 5.10 Å². The topological polar surface area (TPSA) is 88.2 Å². The third kappa shape index (κ3) is 3.73. The van der Waals surface area contributed by atoms with Crippen LogP contribution in [0.3, 0.4) is 0 Å². The molecule has 0 saturated carbocycles. The van der Waals surface area contributed by atoms with E-state index < -0.39 is 6.17 Å². The van der Waals surface area contributed by atoms with Crippen molar-refractivity contribution in [3.63, 3.8) is 0 Å². The molecule has 2 N–H and O–H groups in total. The van der Waals surface area contributed by atoms with E-state index in [-0.39, 0.29) is 12.1 Å². The molecule has 0 spiro atoms. The van der Waals surface area contributed by atoms with E-state index in [1.165, 1.54) is 6.26 Å². The molecular formula is C15H21FN6O2. The fourth-order valence-corrected chi connectivity index (χ4v) is 2.86. The molecule has 9 heteroatoms. The van der Waals surface area contributed by atoms with Crippen molar-refractivity contribution in [2.45, 2.75) is 32.1 Å². The van der Waals surface area contributed by atoms with Crippen LogP contribution >= 0.6 is 0 Å². The summed E-state index contributed by atoms with van der Waals surface area (Å²) in [5.41, 5.74) is 1.75. The molecule has 1 aliphatic heterocycles. The first-order valence-electron chi connectivity index (χ1n) is 7.83. The summed E-state index contributed by atoms with van der Waals surface area (Å²) in [5, 5.41) is 13.2. The predicted octanol–water partition coefficient (Wildman–Crippen LogP) is 1.45. The lowest BCUT2D eigenvalue weighted by atomic mass is 10.2. The molecule has 2 aromatic heterocycles. The Kier molecular flexibility index (Phi) is 4.79. The Hall–Kier alpha value is -2.42. The number of aromatic nitrogens is 3. The minimum Gasteiger partial charge on any atom is -0.362 e. The molecule has 0 bridgehead atoms. The zero-order valence-corrected chi connectivity index (χ0v) is 13.7. The quantitative estimate of drug-likeness (QED) is 0.863. The number of carbonyl (C=O) groups is 1. The molecular weight excluding hydrogens is 315 g/mol. The second-order valence-corrected chi connectivity index (χ2v) is 6.04. The van der Waals surface area contributed by atoms with Crippen LogP contribution in [0.15, 0.2) is 23.0 Å². The van der Waals surface area contributed by atoms with Gasteiger partial charge in [0.05, 0.1) is 5.69 Å². The van der Waals surface area contributed by atoms with E-state index >= 15 is 0 Å². The largest absolute Gasteiger partial charge is 0.362 e. The van der Waals surface area contributed by atoms with Crippen molar-refractivity contribution in [3.8, 4) is 0 Å². The summed E-state index contributed by atoms with van der Waals surface area (Å²) in [5.74, 6) is 0.383. The molecule has 3 rings (SSSR count). The number of rotatable bonds is 5. The van der Waals surface area contributed by atoms with Crippen LogP contribution in [0.1, 0.15) is 17.7 Å². The molecule has 2 atom stereocenters. The lowest BCUT2D eigenvalue weighted by molar-refractivity contribution is 0.220. The first kappa shape index (κ1) is 16.4. The number of alkyl halides is 1. The monoisotopic (exact) mass is 336 g/mol. The lowest BCUT2D eigenvalue weighted by Crippen LogP contribution is -2.41. The molecule has 8 nitrogen and oxygen atoms in total. The van der Waals surface area contributed by atoms with Crippen LogP contribution in [0.5, 0.6) is 0 Å². The number of nitrogens with zero attached hydrogens (tertiary/aromatic N) is 4. The number of anilines is 1. The van der Waals surface area contributed by atoms with Crippen LogP contribution in [0.25, 0.3) is 0 Å². The molecule has 0 unspecified atom stereocenters. The molecule has 2 aromatic rings. The van der Waals surface area contributed by atoms with Gasteiger partial charge < -0.3 is 9.84 Å². The van der Waals surface area contributed by atoms with Gasteiger partial charge in [0.15, 0.2) is 5.82 Å². The normalized spacial score (nSPS) is 21.1. The Labute approximate surface area is 139 Å². The van der Waals surface area contributed by atoms with Gasteiger partial charge in [-0.3, -0.25) is 14.9 Å². The lowest BCUT2D eigenvalue weighted by Gasteiger charge is -2.24. The molecule has 24 heavy (non-hydrogen) atoms. The van der Waals surface area contributed by atoms with Crippen molar-refractivity contribution >= 4 is 11.8 Å². The first-order valence-corrected chi connectivity index (χ1v) is 7.83. The molecule has 0 aromatic carbocycles. The van der Waals surface area contributed by atoms with Crippen molar-refractivity contribution in [2.24, 2.45) is 7.05 Å². The van der Waals surface area contributed by atoms with Crippen molar-refractivity contribution < 1.29 is 13.7 Å². The maximum absolute atomic E-state index is 13.8. The molecule has 0 aliphatic carbocycles. The number of hydrogen-bond acceptors (Lipinski definition) is 5. The van der Waals surface area contributed by atoms with Crippen molar-refractivity contribution in [1.82, 2.24) is 25.2 Å². The summed E-state index contributed by atoms with van der Waals surface area (Å²) in [6.45, 7) is 3.11. The maximum atomic E-state index is 13.8. The molecule has 1 fully saturated rings. The number of hydrogen-bond donors (Lipinski definition) is 2. The van der Waals surface area contributed by atoms with E-state index in [2.05, 4.69) is 20.9 Å². The number of urea groups is 1. The summed E-state index contributed by atoms with van der Waals surface area (Å²) in [7, 11) is 1.86. The van der Waals surface area contributed by atoms with Crippen LogP contribution in [-0.4, -0.2) is 51.2 Å². The number of nitrogens with one attached hydrogen (secondary N) is 2. The van der Waals surface area contributed by atoms with Crippen molar-refractivity contribution in [1.29, 1.82) is 0 Å².